The summed E-state index contributed by atoms with van der Waals surface area (Å²) in [7, 11) is 0. The molecule has 4 aromatic carbocycles. The summed E-state index contributed by atoms with van der Waals surface area (Å²) >= 11 is 0. The number of hydrogen-bond acceptors (Lipinski definition) is 9. The summed E-state index contributed by atoms with van der Waals surface area (Å²) in [6.07, 6.45) is 0. The van der Waals surface area contributed by atoms with E-state index in [0.717, 1.165) is 12.1 Å². The molecule has 0 atom stereocenters. The molecule has 0 saturated heterocycles. The normalized spacial score (nSPS) is 10.6. The van der Waals surface area contributed by atoms with Gasteiger partial charge in [-0.25, -0.2) is 0 Å². The van der Waals surface area contributed by atoms with Crippen molar-refractivity contribution in [3.8, 4) is 33.8 Å². The van der Waals surface area contributed by atoms with Gasteiger partial charge in [0.25, 0.3) is 0 Å². The number of carbonyl (C=O) groups is 2. The largest absolute Gasteiger partial charge is 0.443 e. The number of nitrogen functional groups attached to an aromatic ring is 2. The lowest BCUT2D eigenvalue weighted by molar-refractivity contribution is -0.386. The van der Waals surface area contributed by atoms with E-state index in [-0.39, 0.29) is 33.6 Å². The van der Waals surface area contributed by atoms with Gasteiger partial charge in [0, 0.05) is 23.3 Å². The van der Waals surface area contributed by atoms with Crippen molar-refractivity contribution in [2.45, 2.75) is 13.8 Å². The summed E-state index contributed by atoms with van der Waals surface area (Å²) in [5.41, 5.74) is 11.3. The molecule has 11 heteroatoms. The molecular formula is C28H22N4O7. The maximum absolute atomic E-state index is 12.5. The number of carbonyl (C=O) groups excluding carboxylic acids is 2. The van der Waals surface area contributed by atoms with Crippen molar-refractivity contribution < 1.29 is 24.2 Å². The fourth-order valence-electron chi connectivity index (χ4n) is 4.34. The number of hydrogen-bond donors (Lipinski definition) is 2. The first-order valence-corrected chi connectivity index (χ1v) is 11.5. The highest BCUT2D eigenvalue weighted by Gasteiger charge is 2.33. The molecule has 0 bridgehead atoms. The molecule has 0 aromatic heterocycles. The second kappa shape index (κ2) is 10.4. The van der Waals surface area contributed by atoms with Crippen LogP contribution in [-0.2, 0) is 0 Å². The van der Waals surface area contributed by atoms with E-state index in [1.807, 2.05) is 0 Å². The van der Waals surface area contributed by atoms with Crippen LogP contribution in [0.5, 0.6) is 11.5 Å². The topological polar surface area (TPSA) is 182 Å². The molecule has 196 valence electrons. The molecular weight excluding hydrogens is 504 g/mol. The molecule has 0 aliphatic rings. The van der Waals surface area contributed by atoms with Crippen LogP contribution in [0.25, 0.3) is 22.3 Å². The Morgan fingerprint density at radius 2 is 1.00 bits per heavy atom. The van der Waals surface area contributed by atoms with Crippen LogP contribution >= 0.6 is 0 Å². The lowest BCUT2D eigenvalue weighted by Crippen LogP contribution is -2.09. The number of nitro groups is 2. The first kappa shape index (κ1) is 26.5. The van der Waals surface area contributed by atoms with Crippen LogP contribution in [0.3, 0.4) is 0 Å². The minimum atomic E-state index is -0.745. The van der Waals surface area contributed by atoms with E-state index in [0.29, 0.717) is 11.1 Å². The van der Waals surface area contributed by atoms with Gasteiger partial charge in [0.05, 0.1) is 32.3 Å². The van der Waals surface area contributed by atoms with E-state index in [1.54, 1.807) is 60.7 Å². The van der Waals surface area contributed by atoms with Crippen molar-refractivity contribution in [2.24, 2.45) is 0 Å². The molecule has 0 amide bonds. The van der Waals surface area contributed by atoms with Gasteiger partial charge < -0.3 is 16.2 Å². The quantitative estimate of drug-likeness (QED) is 0.117. The van der Waals surface area contributed by atoms with Crippen molar-refractivity contribution in [3.63, 3.8) is 0 Å². The Kier molecular flexibility index (Phi) is 7.08. The highest BCUT2D eigenvalue weighted by Crippen LogP contribution is 2.49. The number of anilines is 2. The third-order valence-electron chi connectivity index (χ3n) is 6.08. The lowest BCUT2D eigenvalue weighted by atomic mass is 9.95. The monoisotopic (exact) mass is 526 g/mol. The number of nitrogens with two attached hydrogens (primary N) is 2. The van der Waals surface area contributed by atoms with Gasteiger partial charge in [0.2, 0.25) is 11.5 Å². The SMILES string of the molecule is CC(=O)c1cc(Oc2cc(C(C)=O)c(N)c(-c3ccccc3)c2[N+](=O)[O-])c([N+](=O)[O-])c(-c2ccccc2)c1N. The Morgan fingerprint density at radius 1 is 0.667 bits per heavy atom. The average Bonchev–Trinajstić information content (AvgIpc) is 2.90. The summed E-state index contributed by atoms with van der Waals surface area (Å²) in [5.74, 6) is -1.96. The molecule has 0 aliphatic carbocycles. The molecule has 0 unspecified atom stereocenters. The Labute approximate surface area is 221 Å². The molecule has 11 nitrogen and oxygen atoms in total. The van der Waals surface area contributed by atoms with E-state index < -0.39 is 44.3 Å². The van der Waals surface area contributed by atoms with Crippen LogP contribution in [0.4, 0.5) is 22.7 Å². The Morgan fingerprint density at radius 3 is 1.28 bits per heavy atom. The van der Waals surface area contributed by atoms with Crippen molar-refractivity contribution in [1.82, 2.24) is 0 Å². The van der Waals surface area contributed by atoms with Gasteiger partial charge in [-0.3, -0.25) is 29.8 Å². The molecule has 4 aromatic rings. The van der Waals surface area contributed by atoms with Crippen LogP contribution in [-0.4, -0.2) is 21.4 Å². The smallest absolute Gasteiger partial charge is 0.321 e. The maximum Gasteiger partial charge on any atom is 0.321 e. The third-order valence-corrected chi connectivity index (χ3v) is 6.08. The maximum atomic E-state index is 12.5. The van der Waals surface area contributed by atoms with Crippen molar-refractivity contribution in [1.29, 1.82) is 0 Å². The summed E-state index contributed by atoms with van der Waals surface area (Å²) < 4.78 is 5.88. The number of rotatable bonds is 8. The standard InChI is InChI=1S/C28H22N4O7/c1-15(33)19-13-21(27(31(35)36)23(25(19)29)17-9-5-3-6-10-17)39-22-14-20(16(2)34)26(30)24(28(22)32(37)38)18-11-7-4-8-12-18/h3-14H,29-30H2,1-2H3. The fourth-order valence-corrected chi connectivity index (χ4v) is 4.34. The van der Waals surface area contributed by atoms with Gasteiger partial charge in [-0.05, 0) is 25.0 Å². The fraction of sp³-hybridized carbons (Fsp3) is 0.0714. The number of benzene rings is 4. The third kappa shape index (κ3) is 4.88. The first-order valence-electron chi connectivity index (χ1n) is 11.5. The number of Topliss-reactive ketones (excluding diaryl/α,β-unsaturated/α-hetero) is 2. The van der Waals surface area contributed by atoms with E-state index in [4.69, 9.17) is 16.2 Å². The van der Waals surface area contributed by atoms with E-state index in [9.17, 15) is 29.8 Å². The number of ether oxygens (including phenoxy) is 1. The van der Waals surface area contributed by atoms with Crippen molar-refractivity contribution in [3.05, 3.63) is 104 Å². The van der Waals surface area contributed by atoms with Gasteiger partial charge in [-0.2, -0.15) is 0 Å². The summed E-state index contributed by atoms with van der Waals surface area (Å²) in [6, 6.07) is 18.3. The zero-order valence-corrected chi connectivity index (χ0v) is 20.8. The average molecular weight is 527 g/mol. The summed E-state index contributed by atoms with van der Waals surface area (Å²) in [6.45, 7) is 2.45. The molecule has 4 N–H and O–H groups in total. The molecule has 0 heterocycles. The summed E-state index contributed by atoms with van der Waals surface area (Å²) in [4.78, 5) is 48.1. The Balaban J connectivity index is 2.10. The first-order chi connectivity index (χ1) is 18.5. The second-order valence-corrected chi connectivity index (χ2v) is 8.58. The zero-order chi connectivity index (χ0) is 28.4. The summed E-state index contributed by atoms with van der Waals surface area (Å²) in [5, 5.41) is 24.7. The van der Waals surface area contributed by atoms with Gasteiger partial charge in [0.15, 0.2) is 11.6 Å². The van der Waals surface area contributed by atoms with Crippen LogP contribution in [0, 0.1) is 20.2 Å². The molecule has 0 fully saturated rings. The van der Waals surface area contributed by atoms with Gasteiger partial charge in [-0.15, -0.1) is 0 Å². The molecule has 0 radical (unpaired) electrons. The molecule has 0 saturated carbocycles. The van der Waals surface area contributed by atoms with Gasteiger partial charge in [0.1, 0.15) is 0 Å². The van der Waals surface area contributed by atoms with Gasteiger partial charge >= 0.3 is 11.4 Å². The molecule has 0 aliphatic heterocycles. The van der Waals surface area contributed by atoms with Crippen molar-refractivity contribution in [2.75, 3.05) is 11.5 Å². The van der Waals surface area contributed by atoms with Crippen LogP contribution in [0.1, 0.15) is 34.6 Å². The van der Waals surface area contributed by atoms with Gasteiger partial charge in [-0.1, -0.05) is 60.7 Å². The number of nitrogens with zero attached hydrogens (tertiary/aromatic N) is 2. The minimum absolute atomic E-state index is 0.0809. The lowest BCUT2D eigenvalue weighted by Gasteiger charge is -2.17. The van der Waals surface area contributed by atoms with Crippen LogP contribution in [0.15, 0.2) is 72.8 Å². The zero-order valence-electron chi connectivity index (χ0n) is 20.8. The second-order valence-electron chi connectivity index (χ2n) is 8.58. The predicted molar refractivity (Wildman–Crippen MR) is 146 cm³/mol. The molecule has 39 heavy (non-hydrogen) atoms. The highest BCUT2D eigenvalue weighted by molar-refractivity contribution is 6.07. The van der Waals surface area contributed by atoms with E-state index in [2.05, 4.69) is 0 Å². The number of ketones is 2. The Hall–Kier alpha value is -5.58. The van der Waals surface area contributed by atoms with E-state index >= 15 is 0 Å². The Bertz CT molecular complexity index is 1530. The predicted octanol–water partition coefficient (Wildman–Crippen LogP) is 6.20. The molecule has 4 rings (SSSR count). The van der Waals surface area contributed by atoms with Crippen LogP contribution < -0.4 is 16.2 Å². The minimum Gasteiger partial charge on any atom is -0.443 e. The number of nitro benzene ring substituents is 2. The van der Waals surface area contributed by atoms with E-state index in [1.165, 1.54) is 13.8 Å². The van der Waals surface area contributed by atoms with Crippen molar-refractivity contribution >= 4 is 34.3 Å². The van der Waals surface area contributed by atoms with Crippen LogP contribution in [0.2, 0.25) is 0 Å². The highest BCUT2D eigenvalue weighted by atomic mass is 16.6. The molecule has 0 spiro atoms.